The molecule has 8 aliphatic carbocycles. The molecular weight excluding hydrogens is 1090 g/mol. The Morgan fingerprint density at radius 2 is 1.13 bits per heavy atom. The average Bonchev–Trinajstić information content (AvgIpc) is 1.38. The van der Waals surface area contributed by atoms with Gasteiger partial charge in [-0.2, -0.15) is 0 Å². The number of rotatable bonds is 12. The van der Waals surface area contributed by atoms with Crippen LogP contribution < -0.4 is 0 Å². The van der Waals surface area contributed by atoms with Gasteiger partial charge in [0.05, 0.1) is 75.9 Å². The maximum Gasteiger partial charge on any atom is 0.306 e. The lowest BCUT2D eigenvalue weighted by molar-refractivity contribution is -0.481. The van der Waals surface area contributed by atoms with Crippen LogP contribution in [0.3, 0.4) is 0 Å². The van der Waals surface area contributed by atoms with E-state index >= 15 is 0 Å². The summed E-state index contributed by atoms with van der Waals surface area (Å²) < 4.78 is 103. The van der Waals surface area contributed by atoms with Crippen molar-refractivity contribution < 1.29 is 99.7 Å². The van der Waals surface area contributed by atoms with E-state index in [-0.39, 0.29) is 49.0 Å². The normalized spacial score (nSPS) is 56.7. The van der Waals surface area contributed by atoms with E-state index in [9.17, 15) is 24.6 Å². The maximum absolute atomic E-state index is 13.9. The number of carbonyl (C=O) groups is 3. The van der Waals surface area contributed by atoms with Gasteiger partial charge in [0.2, 0.25) is 0 Å². The van der Waals surface area contributed by atoms with E-state index in [1.54, 1.807) is 66.5 Å². The van der Waals surface area contributed by atoms with Gasteiger partial charge in [-0.1, -0.05) is 48.1 Å². The number of methoxy groups -OCH3 is 6. The summed E-state index contributed by atoms with van der Waals surface area (Å²) in [5, 5.41) is 25.3. The fourth-order valence-electron chi connectivity index (χ4n) is 25.0. The van der Waals surface area contributed by atoms with Crippen molar-refractivity contribution in [2.45, 2.75) is 213 Å². The molecule has 84 heavy (non-hydrogen) atoms. The minimum Gasteiger partial charge on any atom is -0.489 e. The molecule has 460 valence electrons. The molecule has 21 heteroatoms. The Labute approximate surface area is 488 Å². The van der Waals surface area contributed by atoms with E-state index in [2.05, 4.69) is 48.1 Å². The second-order valence-electron chi connectivity index (χ2n) is 29.3. The molecule has 26 atom stereocenters. The zero-order valence-corrected chi connectivity index (χ0v) is 50.7. The third-order valence-electron chi connectivity index (χ3n) is 27.0. The average molecular weight is 1180 g/mol. The Balaban J connectivity index is 0.000000143. The number of aliphatic hydroxyl groups is 2. The highest BCUT2D eigenvalue weighted by molar-refractivity contribution is 5.74. The number of esters is 3. The van der Waals surface area contributed by atoms with Crippen LogP contribution in [-0.2, 0) is 80.7 Å². The Bertz CT molecular complexity index is 3170. The molecule has 0 radical (unpaired) electrons. The van der Waals surface area contributed by atoms with Gasteiger partial charge in [0.15, 0.2) is 23.4 Å². The van der Waals surface area contributed by atoms with Crippen LogP contribution in [0.1, 0.15) is 143 Å². The SMILES string of the molecule is C=C1CC2C(C)(C(O)c3ccoc3)CCC34OC5(C)OC23C(O1)C1(O)C(OC)C2(C)CC1(O5)C4(C)C2CC(=O)OC.COC(=O)CC1C2(C)CC34OC5(C)OC67C(CC(=O)OC6C3(OC)C2OC)C(C)(C(OC)c2ccoc2)CCC7(O5)C14C. The van der Waals surface area contributed by atoms with E-state index in [0.717, 1.165) is 5.56 Å². The summed E-state index contributed by atoms with van der Waals surface area (Å²) >= 11 is 0. The van der Waals surface area contributed by atoms with E-state index in [4.69, 9.17) is 75.2 Å². The van der Waals surface area contributed by atoms with E-state index in [0.29, 0.717) is 56.3 Å². The minimum atomic E-state index is -1.68. The maximum atomic E-state index is 13.9. The number of aliphatic hydroxyl groups excluding tert-OH is 1. The van der Waals surface area contributed by atoms with Crippen molar-refractivity contribution in [3.8, 4) is 0 Å². The first-order chi connectivity index (χ1) is 39.5. The van der Waals surface area contributed by atoms with E-state index < -0.39 is 138 Å². The van der Waals surface area contributed by atoms with Crippen molar-refractivity contribution in [3.05, 3.63) is 60.7 Å². The number of carbonyl (C=O) groups excluding carboxylic acids is 3. The largest absolute Gasteiger partial charge is 0.489 e. The predicted molar refractivity (Wildman–Crippen MR) is 285 cm³/mol. The van der Waals surface area contributed by atoms with Crippen LogP contribution >= 0.6 is 0 Å². The third-order valence-corrected chi connectivity index (χ3v) is 27.0. The van der Waals surface area contributed by atoms with Crippen LogP contribution in [0.5, 0.6) is 0 Å². The summed E-state index contributed by atoms with van der Waals surface area (Å²) in [6.45, 7) is 20.6. The Kier molecular flexibility index (Phi) is 10.9. The topological polar surface area (TPSA) is 247 Å². The van der Waals surface area contributed by atoms with Crippen molar-refractivity contribution in [2.24, 2.45) is 56.2 Å². The highest BCUT2D eigenvalue weighted by Crippen LogP contribution is 2.92. The summed E-state index contributed by atoms with van der Waals surface area (Å²) in [4.78, 5) is 40.1. The van der Waals surface area contributed by atoms with Gasteiger partial charge in [-0.15, -0.1) is 0 Å². The fraction of sp³-hybridized carbons (Fsp3) is 0.794. The first-order valence-electron chi connectivity index (χ1n) is 30.0. The van der Waals surface area contributed by atoms with Crippen LogP contribution in [-0.4, -0.2) is 152 Å². The van der Waals surface area contributed by atoms with Crippen molar-refractivity contribution in [1.29, 1.82) is 0 Å². The molecule has 2 N–H and O–H groups in total. The lowest BCUT2D eigenvalue weighted by atomic mass is 9.33. The zero-order chi connectivity index (χ0) is 59.9. The molecule has 6 saturated heterocycles. The molecule has 14 fully saturated rings. The molecular formula is C63H82O21. The summed E-state index contributed by atoms with van der Waals surface area (Å²) in [5.74, 6) is -4.86. The van der Waals surface area contributed by atoms with Crippen LogP contribution in [0.25, 0.3) is 0 Å². The van der Waals surface area contributed by atoms with Crippen LogP contribution in [0.4, 0.5) is 0 Å². The lowest BCUT2D eigenvalue weighted by Gasteiger charge is -2.78. The van der Waals surface area contributed by atoms with Gasteiger partial charge in [-0.25, -0.2) is 0 Å². The number of hydrogen-bond acceptors (Lipinski definition) is 21. The highest BCUT2D eigenvalue weighted by Gasteiger charge is 3.06. The van der Waals surface area contributed by atoms with Gasteiger partial charge in [-0.3, -0.25) is 14.4 Å². The van der Waals surface area contributed by atoms with Gasteiger partial charge >= 0.3 is 17.9 Å². The third kappa shape index (κ3) is 5.25. The minimum absolute atomic E-state index is 0.0887. The van der Waals surface area contributed by atoms with Crippen molar-refractivity contribution >= 4 is 17.9 Å². The van der Waals surface area contributed by atoms with Crippen LogP contribution in [0, 0.1) is 56.2 Å². The summed E-state index contributed by atoms with van der Waals surface area (Å²) in [6.07, 6.45) is 5.91. The molecule has 0 amide bonds. The van der Waals surface area contributed by atoms with Crippen LogP contribution in [0.2, 0.25) is 0 Å². The van der Waals surface area contributed by atoms with Crippen LogP contribution in [0.15, 0.2) is 58.4 Å². The Morgan fingerprint density at radius 3 is 1.67 bits per heavy atom. The number of allylic oxidation sites excluding steroid dienone is 1. The first kappa shape index (κ1) is 56.5. The molecule has 16 rings (SSSR count). The molecule has 6 spiro atoms. The molecule has 2 aromatic rings. The summed E-state index contributed by atoms with van der Waals surface area (Å²) in [6, 6.07) is 3.68. The zero-order valence-electron chi connectivity index (χ0n) is 50.7. The Morgan fingerprint density at radius 1 is 0.631 bits per heavy atom. The van der Waals surface area contributed by atoms with Gasteiger partial charge in [-0.05, 0) is 62.5 Å². The molecule has 2 aromatic heterocycles. The monoisotopic (exact) mass is 1170 g/mol. The molecule has 8 bridgehead atoms. The van der Waals surface area contributed by atoms with Gasteiger partial charge in [0.25, 0.3) is 11.9 Å². The second kappa shape index (κ2) is 16.3. The number of hydrogen-bond donors (Lipinski definition) is 2. The number of furan rings is 2. The molecule has 0 aromatic carbocycles. The first-order valence-corrected chi connectivity index (χ1v) is 30.0. The second-order valence-corrected chi connectivity index (χ2v) is 29.3. The van der Waals surface area contributed by atoms with Gasteiger partial charge in [0.1, 0.15) is 33.6 Å². The number of ether oxygens (including phenoxy) is 14. The van der Waals surface area contributed by atoms with Gasteiger partial charge in [0, 0.05) is 117 Å². The highest BCUT2D eigenvalue weighted by atomic mass is 16.9. The Hall–Kier alpha value is -3.97. The molecule has 8 heterocycles. The quantitative estimate of drug-likeness (QED) is 0.159. The fourth-order valence-corrected chi connectivity index (χ4v) is 25.0. The molecule has 14 aliphatic rings. The van der Waals surface area contributed by atoms with E-state index in [1.165, 1.54) is 14.2 Å². The predicted octanol–water partition coefficient (Wildman–Crippen LogP) is 7.06. The van der Waals surface area contributed by atoms with Crippen molar-refractivity contribution in [1.82, 2.24) is 0 Å². The standard InChI is InChI=1S/C32H42O11.C31H40O10/c1-25(22(36-6)17-9-12-39-15-17)10-11-29-27(3)18(13-20(33)35-5)26(2)16-30(27)32(38-8,23(26)37-7)24-31(29,19(25)14-21(34)40-24)43-28(4,41-29)42-30;1-16-12-19-24(2,21(33)17-8-11-37-14-17)9-10-28-26(4)18(13-20(32)35-6)25(3)15-29(26)30(34,22(25)36-7)23(38-16)31(19,28)41-27(5,39-28)40-29/h9,12,15,18-19,22-24H,10-11,13-14,16H2,1-8H3;8,11,14,18-19,21-23,33-34H,1,9-10,12-13,15H2,2-7H3. The van der Waals surface area contributed by atoms with Crippen molar-refractivity contribution in [2.75, 3.05) is 42.7 Å². The number of fused-ring (bicyclic) bond motifs is 6. The lowest BCUT2D eigenvalue weighted by Crippen LogP contribution is -2.94. The molecule has 8 saturated carbocycles. The molecule has 21 nitrogen and oxygen atoms in total. The molecule has 6 aliphatic heterocycles. The van der Waals surface area contributed by atoms with E-state index in [1.807, 2.05) is 13.0 Å². The summed E-state index contributed by atoms with van der Waals surface area (Å²) in [5.41, 5.74) is -12.5. The smallest absolute Gasteiger partial charge is 0.306 e. The van der Waals surface area contributed by atoms with Crippen molar-refractivity contribution in [3.63, 3.8) is 0 Å². The summed E-state index contributed by atoms with van der Waals surface area (Å²) in [7, 11) is 9.38. The molecule has 26 unspecified atom stereocenters. The van der Waals surface area contributed by atoms with Gasteiger partial charge < -0.3 is 85.4 Å².